The van der Waals surface area contributed by atoms with Gasteiger partial charge in [-0.1, -0.05) is 28.8 Å². The van der Waals surface area contributed by atoms with Crippen molar-refractivity contribution in [2.75, 3.05) is 13.7 Å². The van der Waals surface area contributed by atoms with Crippen LogP contribution in [0, 0.1) is 0 Å². The zero-order chi connectivity index (χ0) is 19.8. The molecule has 1 aliphatic rings. The Kier molecular flexibility index (Phi) is 7.99. The van der Waals surface area contributed by atoms with Gasteiger partial charge in [-0.2, -0.15) is 0 Å². The Hall–Kier alpha value is -2.19. The van der Waals surface area contributed by atoms with Crippen LogP contribution in [0.15, 0.2) is 28.2 Å². The summed E-state index contributed by atoms with van der Waals surface area (Å²) in [6.07, 6.45) is 4.99. The number of methoxy groups -OCH3 is 1. The Morgan fingerprint density at radius 3 is 2.74 bits per heavy atom. The van der Waals surface area contributed by atoms with Gasteiger partial charge in [-0.05, 0) is 37.1 Å². The molecule has 3 amide bonds. The summed E-state index contributed by atoms with van der Waals surface area (Å²) in [6.45, 7) is 0.372. The zero-order valence-corrected chi connectivity index (χ0v) is 16.8. The van der Waals surface area contributed by atoms with E-state index in [2.05, 4.69) is 15.9 Å². The van der Waals surface area contributed by atoms with Crippen molar-refractivity contribution in [3.8, 4) is 5.75 Å². The van der Waals surface area contributed by atoms with Crippen LogP contribution in [0.25, 0.3) is 6.08 Å². The predicted molar refractivity (Wildman–Crippen MR) is 103 cm³/mol. The molecule has 8 heteroatoms. The molecule has 0 atom stereocenters. The van der Waals surface area contributed by atoms with Crippen molar-refractivity contribution in [3.63, 3.8) is 0 Å². The molecule has 0 aliphatic carbocycles. The van der Waals surface area contributed by atoms with E-state index in [0.29, 0.717) is 30.7 Å². The molecule has 0 spiro atoms. The molecular weight excluding hydrogens is 416 g/mol. The number of carbonyl (C=O) groups excluding carboxylic acids is 3. The third-order valence-electron chi connectivity index (χ3n) is 4.34. The third-order valence-corrected chi connectivity index (χ3v) is 4.84. The van der Waals surface area contributed by atoms with Crippen LogP contribution < -0.4 is 10.2 Å². The summed E-state index contributed by atoms with van der Waals surface area (Å²) in [5.74, 6) is -0.226. The number of unbranched alkanes of at least 4 members (excludes halogenated alkanes) is 3. The number of hydrogen-bond acceptors (Lipinski definition) is 5. The number of hydroxylamine groups is 1. The van der Waals surface area contributed by atoms with Crippen molar-refractivity contribution in [1.82, 2.24) is 10.4 Å². The van der Waals surface area contributed by atoms with Crippen LogP contribution in [0.1, 0.15) is 44.1 Å². The molecule has 1 aromatic rings. The number of nitrogens with one attached hydrogen (secondary N) is 1. The van der Waals surface area contributed by atoms with Gasteiger partial charge in [0.25, 0.3) is 5.91 Å². The highest BCUT2D eigenvalue weighted by atomic mass is 79.9. The molecule has 0 radical (unpaired) electrons. The SMILES string of the molecule is COc1ccc(Br)cc1/C=C1\CC(=O)N(CCCCCCC(=O)NO)C1=O. The summed E-state index contributed by atoms with van der Waals surface area (Å²) in [5, 5.41) is 8.42. The number of amides is 3. The summed E-state index contributed by atoms with van der Waals surface area (Å²) in [7, 11) is 1.56. The molecule has 2 N–H and O–H groups in total. The van der Waals surface area contributed by atoms with Gasteiger partial charge in [0, 0.05) is 28.6 Å². The number of rotatable bonds is 9. The average Bonchev–Trinajstić information content (AvgIpc) is 2.91. The van der Waals surface area contributed by atoms with Gasteiger partial charge in [0.1, 0.15) is 5.75 Å². The van der Waals surface area contributed by atoms with Gasteiger partial charge in [-0.15, -0.1) is 0 Å². The van der Waals surface area contributed by atoms with Gasteiger partial charge in [0.2, 0.25) is 11.8 Å². The number of likely N-dealkylation sites (tertiary alicyclic amines) is 1. The Bertz CT molecular complexity index is 748. The van der Waals surface area contributed by atoms with E-state index in [9.17, 15) is 14.4 Å². The fourth-order valence-electron chi connectivity index (χ4n) is 2.93. The number of imide groups is 1. The second-order valence-corrected chi connectivity index (χ2v) is 7.20. The fourth-order valence-corrected chi connectivity index (χ4v) is 3.31. The maximum Gasteiger partial charge on any atom is 0.256 e. The van der Waals surface area contributed by atoms with Crippen molar-refractivity contribution in [2.24, 2.45) is 0 Å². The van der Waals surface area contributed by atoms with E-state index in [1.54, 1.807) is 24.7 Å². The first kappa shape index (κ1) is 21.1. The highest BCUT2D eigenvalue weighted by molar-refractivity contribution is 9.10. The predicted octanol–water partition coefficient (Wildman–Crippen LogP) is 3.06. The largest absolute Gasteiger partial charge is 0.496 e. The van der Waals surface area contributed by atoms with Crippen molar-refractivity contribution >= 4 is 39.7 Å². The smallest absolute Gasteiger partial charge is 0.256 e. The number of benzene rings is 1. The van der Waals surface area contributed by atoms with Gasteiger partial charge in [-0.3, -0.25) is 24.5 Å². The molecule has 2 rings (SSSR count). The van der Waals surface area contributed by atoms with E-state index in [1.807, 2.05) is 12.1 Å². The lowest BCUT2D eigenvalue weighted by molar-refractivity contribution is -0.137. The minimum absolute atomic E-state index is 0.0885. The van der Waals surface area contributed by atoms with Gasteiger partial charge >= 0.3 is 0 Å². The lowest BCUT2D eigenvalue weighted by Crippen LogP contribution is -2.30. The first-order valence-electron chi connectivity index (χ1n) is 8.78. The van der Waals surface area contributed by atoms with Crippen LogP contribution >= 0.6 is 15.9 Å². The molecule has 0 bridgehead atoms. The van der Waals surface area contributed by atoms with Crippen LogP contribution in [0.4, 0.5) is 0 Å². The van der Waals surface area contributed by atoms with E-state index in [0.717, 1.165) is 22.9 Å². The van der Waals surface area contributed by atoms with Gasteiger partial charge in [0.05, 0.1) is 13.5 Å². The van der Waals surface area contributed by atoms with Crippen LogP contribution in [0.2, 0.25) is 0 Å². The molecule has 1 aromatic carbocycles. The topological polar surface area (TPSA) is 95.9 Å². The summed E-state index contributed by atoms with van der Waals surface area (Å²) in [4.78, 5) is 37.0. The molecule has 0 saturated carbocycles. The average molecular weight is 439 g/mol. The molecule has 1 aliphatic heterocycles. The molecule has 0 aromatic heterocycles. The standard InChI is InChI=1S/C19H23BrN2O5/c1-27-16-8-7-15(20)11-13(16)10-14-12-18(24)22(19(14)25)9-5-3-2-4-6-17(23)21-26/h7-8,10-11,26H,2-6,9,12H2,1H3,(H,21,23)/b14-10+. The Morgan fingerprint density at radius 2 is 2.04 bits per heavy atom. The molecule has 0 unspecified atom stereocenters. The third kappa shape index (κ3) is 5.90. The van der Waals surface area contributed by atoms with Crippen molar-refractivity contribution in [2.45, 2.75) is 38.5 Å². The highest BCUT2D eigenvalue weighted by Crippen LogP contribution is 2.28. The monoisotopic (exact) mass is 438 g/mol. The zero-order valence-electron chi connectivity index (χ0n) is 15.2. The number of halogens is 1. The number of ether oxygens (including phenoxy) is 1. The normalized spacial score (nSPS) is 15.5. The Morgan fingerprint density at radius 1 is 1.30 bits per heavy atom. The van der Waals surface area contributed by atoms with Crippen molar-refractivity contribution in [3.05, 3.63) is 33.8 Å². The second kappa shape index (κ2) is 10.2. The Balaban J connectivity index is 1.91. The molecule has 1 heterocycles. The Labute approximate surface area is 166 Å². The van der Waals surface area contributed by atoms with E-state index in [1.165, 1.54) is 4.90 Å². The van der Waals surface area contributed by atoms with Gasteiger partial charge in [-0.25, -0.2) is 5.48 Å². The van der Waals surface area contributed by atoms with E-state index >= 15 is 0 Å². The minimum atomic E-state index is -0.405. The lowest BCUT2D eigenvalue weighted by Gasteiger charge is -2.13. The summed E-state index contributed by atoms with van der Waals surface area (Å²) < 4.78 is 6.17. The second-order valence-electron chi connectivity index (χ2n) is 6.28. The van der Waals surface area contributed by atoms with Crippen LogP contribution in [-0.4, -0.2) is 41.5 Å². The molecule has 146 valence electrons. The summed E-state index contributed by atoms with van der Waals surface area (Å²) in [5.41, 5.74) is 2.79. The van der Waals surface area contributed by atoms with Crippen LogP contribution in [0.5, 0.6) is 5.75 Å². The number of nitrogens with zero attached hydrogens (tertiary/aromatic N) is 1. The van der Waals surface area contributed by atoms with E-state index in [4.69, 9.17) is 9.94 Å². The van der Waals surface area contributed by atoms with E-state index < -0.39 is 5.91 Å². The van der Waals surface area contributed by atoms with Crippen molar-refractivity contribution < 1.29 is 24.3 Å². The van der Waals surface area contributed by atoms with Crippen LogP contribution in [-0.2, 0) is 14.4 Å². The van der Waals surface area contributed by atoms with E-state index in [-0.39, 0.29) is 24.7 Å². The van der Waals surface area contributed by atoms with Crippen molar-refractivity contribution in [1.29, 1.82) is 0 Å². The summed E-state index contributed by atoms with van der Waals surface area (Å²) >= 11 is 3.40. The van der Waals surface area contributed by atoms with Gasteiger partial charge < -0.3 is 4.74 Å². The molecule has 7 nitrogen and oxygen atoms in total. The maximum atomic E-state index is 12.6. The first-order chi connectivity index (χ1) is 13.0. The quantitative estimate of drug-likeness (QED) is 0.203. The molecule has 1 fully saturated rings. The van der Waals surface area contributed by atoms with Gasteiger partial charge in [0.15, 0.2) is 0 Å². The minimum Gasteiger partial charge on any atom is -0.496 e. The lowest BCUT2D eigenvalue weighted by atomic mass is 10.1. The fraction of sp³-hybridized carbons (Fsp3) is 0.421. The maximum absolute atomic E-state index is 12.6. The summed E-state index contributed by atoms with van der Waals surface area (Å²) in [6, 6.07) is 5.49. The molecule has 1 saturated heterocycles. The number of hydrogen-bond donors (Lipinski definition) is 2. The highest BCUT2D eigenvalue weighted by Gasteiger charge is 2.33. The van der Waals surface area contributed by atoms with Crippen LogP contribution in [0.3, 0.4) is 0 Å². The molecule has 27 heavy (non-hydrogen) atoms. The number of carbonyl (C=O) groups is 3. The first-order valence-corrected chi connectivity index (χ1v) is 9.57. The molecular formula is C19H23BrN2O5.